The van der Waals surface area contributed by atoms with Crippen molar-refractivity contribution in [3.63, 3.8) is 0 Å². The molecule has 0 aliphatic carbocycles. The van der Waals surface area contributed by atoms with Crippen LogP contribution < -0.4 is 5.32 Å². The second kappa shape index (κ2) is 10.1. The van der Waals surface area contributed by atoms with Crippen molar-refractivity contribution in [2.75, 3.05) is 11.1 Å². The Morgan fingerprint density at radius 3 is 2.59 bits per heavy atom. The molecule has 0 saturated heterocycles. The molecule has 1 aromatic heterocycles. The van der Waals surface area contributed by atoms with Gasteiger partial charge in [0.15, 0.2) is 5.78 Å². The van der Waals surface area contributed by atoms with Crippen molar-refractivity contribution < 1.29 is 14.0 Å². The predicted octanol–water partition coefficient (Wildman–Crippen LogP) is 6.11. The van der Waals surface area contributed by atoms with Crippen LogP contribution in [0, 0.1) is 0 Å². The average molecular weight is 529 g/mol. The number of nitrogens with one attached hydrogen (secondary N) is 1. The van der Waals surface area contributed by atoms with Gasteiger partial charge in [-0.1, -0.05) is 75.7 Å². The lowest BCUT2D eigenvalue weighted by Gasteiger charge is -2.11. The van der Waals surface area contributed by atoms with Gasteiger partial charge in [0, 0.05) is 26.2 Å². The molecule has 1 amide bonds. The Kier molecular flexibility index (Phi) is 7.04. The fourth-order valence-electron chi connectivity index (χ4n) is 2.88. The highest BCUT2D eigenvalue weighted by Gasteiger charge is 2.17. The minimum atomic E-state index is -0.318. The summed E-state index contributed by atoms with van der Waals surface area (Å²) in [5, 5.41) is 11.4. The van der Waals surface area contributed by atoms with E-state index in [-0.39, 0.29) is 22.7 Å². The molecule has 3 aromatic carbocycles. The van der Waals surface area contributed by atoms with Crippen LogP contribution in [0.1, 0.15) is 15.9 Å². The molecule has 9 heteroatoms. The topological polar surface area (TPSA) is 85.1 Å². The number of anilines is 1. The summed E-state index contributed by atoms with van der Waals surface area (Å²) in [5.41, 5.74) is 1.98. The third-order valence-corrected chi connectivity index (χ3v) is 5.89. The molecule has 1 N–H and O–H groups in total. The van der Waals surface area contributed by atoms with Gasteiger partial charge in [0.2, 0.25) is 11.8 Å². The number of carbonyl (C=O) groups is 2. The summed E-state index contributed by atoms with van der Waals surface area (Å²) in [5.74, 6) is -0.155. The largest absolute Gasteiger partial charge is 0.411 e. The standard InChI is InChI=1S/C23H15BrClN3O3S/c24-16-8-4-7-15(11-16)22-27-28-23(31-22)32-13-20(29)26-19-10-9-17(25)12-18(19)21(30)14-5-2-1-3-6-14/h1-12H,13H2,(H,26,29). The number of ketones is 1. The van der Waals surface area contributed by atoms with Crippen molar-refractivity contribution in [3.05, 3.63) is 93.4 Å². The third kappa shape index (κ3) is 5.45. The molecule has 0 radical (unpaired) electrons. The normalized spacial score (nSPS) is 10.7. The van der Waals surface area contributed by atoms with Gasteiger partial charge in [-0.15, -0.1) is 10.2 Å². The van der Waals surface area contributed by atoms with Gasteiger partial charge in [-0.2, -0.15) is 0 Å². The number of benzene rings is 3. The molecule has 4 rings (SSSR count). The zero-order valence-electron chi connectivity index (χ0n) is 16.4. The van der Waals surface area contributed by atoms with Crippen LogP contribution in [0.25, 0.3) is 11.5 Å². The van der Waals surface area contributed by atoms with Gasteiger partial charge in [0.1, 0.15) is 0 Å². The number of nitrogens with zero attached hydrogens (tertiary/aromatic N) is 2. The Labute approximate surface area is 201 Å². The first-order valence-electron chi connectivity index (χ1n) is 9.41. The maximum absolute atomic E-state index is 12.9. The summed E-state index contributed by atoms with van der Waals surface area (Å²) in [6, 6.07) is 21.1. The second-order valence-corrected chi connectivity index (χ2v) is 8.88. The molecule has 160 valence electrons. The van der Waals surface area contributed by atoms with Crippen LogP contribution in [0.3, 0.4) is 0 Å². The molecule has 6 nitrogen and oxygen atoms in total. The lowest BCUT2D eigenvalue weighted by molar-refractivity contribution is -0.113. The fraction of sp³-hybridized carbons (Fsp3) is 0.0435. The molecule has 32 heavy (non-hydrogen) atoms. The highest BCUT2D eigenvalue weighted by atomic mass is 79.9. The first-order chi connectivity index (χ1) is 15.5. The quantitative estimate of drug-likeness (QED) is 0.230. The monoisotopic (exact) mass is 527 g/mol. The van der Waals surface area contributed by atoms with Gasteiger partial charge in [-0.3, -0.25) is 9.59 Å². The molecule has 0 aliphatic rings. The Morgan fingerprint density at radius 2 is 1.81 bits per heavy atom. The summed E-state index contributed by atoms with van der Waals surface area (Å²) >= 11 is 10.6. The van der Waals surface area contributed by atoms with Crippen LogP contribution in [0.5, 0.6) is 0 Å². The van der Waals surface area contributed by atoms with Crippen LogP contribution >= 0.6 is 39.3 Å². The minimum absolute atomic E-state index is 0.0295. The highest BCUT2D eigenvalue weighted by molar-refractivity contribution is 9.10. The SMILES string of the molecule is O=C(CSc1nnc(-c2cccc(Br)c2)o1)Nc1ccc(Cl)cc1C(=O)c1ccccc1. The van der Waals surface area contributed by atoms with E-state index in [0.29, 0.717) is 27.7 Å². The van der Waals surface area contributed by atoms with Crippen LogP contribution in [0.2, 0.25) is 5.02 Å². The maximum Gasteiger partial charge on any atom is 0.277 e. The van der Waals surface area contributed by atoms with Gasteiger partial charge in [0.05, 0.1) is 11.4 Å². The zero-order valence-corrected chi connectivity index (χ0v) is 19.6. The number of hydrogen-bond acceptors (Lipinski definition) is 6. The van der Waals surface area contributed by atoms with Crippen LogP contribution in [0.15, 0.2) is 86.9 Å². The molecule has 0 fully saturated rings. The van der Waals surface area contributed by atoms with Crippen molar-refractivity contribution in [2.45, 2.75) is 5.22 Å². The molecule has 0 saturated carbocycles. The number of amides is 1. The Balaban J connectivity index is 1.43. The predicted molar refractivity (Wildman–Crippen MR) is 128 cm³/mol. The van der Waals surface area contributed by atoms with Crippen molar-refractivity contribution in [3.8, 4) is 11.5 Å². The van der Waals surface area contributed by atoms with E-state index in [1.54, 1.807) is 42.5 Å². The van der Waals surface area contributed by atoms with E-state index in [0.717, 1.165) is 21.8 Å². The van der Waals surface area contributed by atoms with E-state index < -0.39 is 0 Å². The maximum atomic E-state index is 12.9. The zero-order chi connectivity index (χ0) is 22.5. The first-order valence-corrected chi connectivity index (χ1v) is 11.6. The molecule has 0 spiro atoms. The number of rotatable bonds is 7. The number of thioether (sulfide) groups is 1. The second-order valence-electron chi connectivity index (χ2n) is 6.61. The van der Waals surface area contributed by atoms with Gasteiger partial charge < -0.3 is 9.73 Å². The summed E-state index contributed by atoms with van der Waals surface area (Å²) in [6.07, 6.45) is 0. The Hall–Kier alpha value is -2.94. The van der Waals surface area contributed by atoms with Gasteiger partial charge >= 0.3 is 0 Å². The molecule has 0 unspecified atom stereocenters. The van der Waals surface area contributed by atoms with Gasteiger partial charge in [-0.25, -0.2) is 0 Å². The summed E-state index contributed by atoms with van der Waals surface area (Å²) in [7, 11) is 0. The van der Waals surface area contributed by atoms with Crippen molar-refractivity contribution in [2.24, 2.45) is 0 Å². The molecule has 0 bridgehead atoms. The Bertz CT molecular complexity index is 1280. The Morgan fingerprint density at radius 1 is 1.00 bits per heavy atom. The molecule has 0 atom stereocenters. The van der Waals surface area contributed by atoms with E-state index in [1.807, 2.05) is 30.3 Å². The number of hydrogen-bond donors (Lipinski definition) is 1. The van der Waals surface area contributed by atoms with Crippen LogP contribution in [-0.4, -0.2) is 27.6 Å². The number of aromatic nitrogens is 2. The fourth-order valence-corrected chi connectivity index (χ4v) is 4.01. The molecular formula is C23H15BrClN3O3S. The highest BCUT2D eigenvalue weighted by Crippen LogP contribution is 2.27. The summed E-state index contributed by atoms with van der Waals surface area (Å²) in [6.45, 7) is 0. The van der Waals surface area contributed by atoms with Gasteiger partial charge in [-0.05, 0) is 36.4 Å². The van der Waals surface area contributed by atoms with Crippen LogP contribution in [-0.2, 0) is 4.79 Å². The smallest absolute Gasteiger partial charge is 0.277 e. The summed E-state index contributed by atoms with van der Waals surface area (Å²) < 4.78 is 6.52. The van der Waals surface area contributed by atoms with E-state index >= 15 is 0 Å². The molecule has 4 aromatic rings. The van der Waals surface area contributed by atoms with Crippen molar-refractivity contribution >= 4 is 56.7 Å². The molecular weight excluding hydrogens is 514 g/mol. The average Bonchev–Trinajstić information content (AvgIpc) is 3.28. The minimum Gasteiger partial charge on any atom is -0.411 e. The van der Waals surface area contributed by atoms with E-state index in [2.05, 4.69) is 31.4 Å². The van der Waals surface area contributed by atoms with E-state index in [9.17, 15) is 9.59 Å². The molecule has 1 heterocycles. The van der Waals surface area contributed by atoms with Crippen molar-refractivity contribution in [1.82, 2.24) is 10.2 Å². The third-order valence-electron chi connectivity index (χ3n) is 4.34. The van der Waals surface area contributed by atoms with E-state index in [4.69, 9.17) is 16.0 Å². The molecule has 0 aliphatic heterocycles. The van der Waals surface area contributed by atoms with E-state index in [1.165, 1.54) is 0 Å². The summed E-state index contributed by atoms with van der Waals surface area (Å²) in [4.78, 5) is 25.4. The lowest BCUT2D eigenvalue weighted by Crippen LogP contribution is -2.17. The number of carbonyl (C=O) groups excluding carboxylic acids is 2. The first kappa shape index (κ1) is 22.3. The van der Waals surface area contributed by atoms with Crippen molar-refractivity contribution in [1.29, 1.82) is 0 Å². The number of halogens is 2. The van der Waals surface area contributed by atoms with Gasteiger partial charge in [0.25, 0.3) is 5.22 Å². The lowest BCUT2D eigenvalue weighted by atomic mass is 10.0. The van der Waals surface area contributed by atoms with Crippen LogP contribution in [0.4, 0.5) is 5.69 Å².